The molecule has 0 unspecified atom stereocenters. The zero-order valence-electron chi connectivity index (χ0n) is 13.3. The number of nitrogens with one attached hydrogen (secondary N) is 2. The molecule has 2 aromatic carbocycles. The maximum Gasteiger partial charge on any atom is 0.255 e. The van der Waals surface area contributed by atoms with Crippen molar-refractivity contribution in [3.63, 3.8) is 0 Å². The van der Waals surface area contributed by atoms with Gasteiger partial charge in [-0.15, -0.1) is 0 Å². The fourth-order valence-electron chi connectivity index (χ4n) is 2.00. The lowest BCUT2D eigenvalue weighted by atomic mass is 10.2. The van der Waals surface area contributed by atoms with Crippen molar-refractivity contribution < 1.29 is 22.3 Å². The van der Waals surface area contributed by atoms with Crippen molar-refractivity contribution in [2.24, 2.45) is 0 Å². The van der Waals surface area contributed by atoms with E-state index in [1.54, 1.807) is 0 Å². The first-order valence-corrected chi connectivity index (χ1v) is 9.07. The molecule has 0 aromatic heterocycles. The third-order valence-electron chi connectivity index (χ3n) is 3.26. The number of sulfonamides is 1. The zero-order chi connectivity index (χ0) is 18.4. The van der Waals surface area contributed by atoms with Crippen LogP contribution in [-0.4, -0.2) is 34.5 Å². The third kappa shape index (κ3) is 4.91. The van der Waals surface area contributed by atoms with Crippen molar-refractivity contribution in [2.75, 3.05) is 20.2 Å². The number of amides is 1. The molecule has 2 aromatic rings. The first-order chi connectivity index (χ1) is 11.8. The minimum atomic E-state index is -3.72. The van der Waals surface area contributed by atoms with Crippen LogP contribution in [0.4, 0.5) is 4.39 Å². The van der Waals surface area contributed by atoms with Gasteiger partial charge in [0.25, 0.3) is 5.91 Å². The molecule has 6 nitrogen and oxygen atoms in total. The Balaban J connectivity index is 1.90. The second-order valence-electron chi connectivity index (χ2n) is 4.93. The lowest BCUT2D eigenvalue weighted by Crippen LogP contribution is -2.35. The second kappa shape index (κ2) is 8.28. The summed E-state index contributed by atoms with van der Waals surface area (Å²) in [5.41, 5.74) is -0.276. The molecule has 1 amide bonds. The molecule has 25 heavy (non-hydrogen) atoms. The van der Waals surface area contributed by atoms with Crippen LogP contribution in [0.15, 0.2) is 47.4 Å². The maximum atomic E-state index is 13.6. The van der Waals surface area contributed by atoms with Gasteiger partial charge in [0.05, 0.1) is 22.6 Å². The Morgan fingerprint density at radius 3 is 2.44 bits per heavy atom. The summed E-state index contributed by atoms with van der Waals surface area (Å²) in [6, 6.07) is 9.75. The van der Waals surface area contributed by atoms with Crippen molar-refractivity contribution in [3.05, 3.63) is 58.9 Å². The van der Waals surface area contributed by atoms with E-state index in [0.29, 0.717) is 5.75 Å². The molecule has 9 heteroatoms. The molecule has 0 aliphatic heterocycles. The minimum absolute atomic E-state index is 0.0173. The number of rotatable bonds is 7. The Bertz CT molecular complexity index is 837. The molecular weight excluding hydrogens is 371 g/mol. The Morgan fingerprint density at radius 2 is 1.84 bits per heavy atom. The predicted octanol–water partition coefficient (Wildman–Crippen LogP) is 2.20. The van der Waals surface area contributed by atoms with Crippen molar-refractivity contribution in [1.82, 2.24) is 10.0 Å². The van der Waals surface area contributed by atoms with Crippen LogP contribution in [0.1, 0.15) is 10.4 Å². The fraction of sp³-hybridized carbons (Fsp3) is 0.188. The third-order valence-corrected chi connectivity index (χ3v) is 5.05. The van der Waals surface area contributed by atoms with Gasteiger partial charge in [-0.25, -0.2) is 17.5 Å². The molecule has 0 aliphatic carbocycles. The van der Waals surface area contributed by atoms with E-state index in [4.69, 9.17) is 16.3 Å². The van der Waals surface area contributed by atoms with Crippen molar-refractivity contribution in [2.45, 2.75) is 4.90 Å². The maximum absolute atomic E-state index is 13.6. The lowest BCUT2D eigenvalue weighted by molar-refractivity contribution is 0.0950. The van der Waals surface area contributed by atoms with Crippen LogP contribution in [0.5, 0.6) is 5.75 Å². The molecule has 2 N–H and O–H groups in total. The highest BCUT2D eigenvalue weighted by Crippen LogP contribution is 2.18. The zero-order valence-corrected chi connectivity index (χ0v) is 14.8. The molecule has 0 saturated heterocycles. The Hall–Kier alpha value is -2.16. The SMILES string of the molecule is COc1ccc(S(=O)(=O)NCCNC(=O)c2c(F)cccc2Cl)cc1. The highest BCUT2D eigenvalue weighted by atomic mass is 35.5. The number of benzene rings is 2. The Kier molecular flexibility index (Phi) is 6.35. The van der Waals surface area contributed by atoms with Crippen LogP contribution >= 0.6 is 11.6 Å². The van der Waals surface area contributed by atoms with Crippen molar-refractivity contribution >= 4 is 27.5 Å². The van der Waals surface area contributed by atoms with E-state index in [2.05, 4.69) is 10.0 Å². The molecule has 0 saturated carbocycles. The van der Waals surface area contributed by atoms with Gasteiger partial charge in [-0.2, -0.15) is 0 Å². The molecule has 134 valence electrons. The molecule has 0 fully saturated rings. The fourth-order valence-corrected chi connectivity index (χ4v) is 3.28. The largest absolute Gasteiger partial charge is 0.497 e. The summed E-state index contributed by atoms with van der Waals surface area (Å²) in [7, 11) is -2.24. The smallest absolute Gasteiger partial charge is 0.255 e. The molecule has 2 rings (SSSR count). The first-order valence-electron chi connectivity index (χ1n) is 7.21. The van der Waals surface area contributed by atoms with Gasteiger partial charge in [0.15, 0.2) is 0 Å². The van der Waals surface area contributed by atoms with Gasteiger partial charge in [0.1, 0.15) is 11.6 Å². The van der Waals surface area contributed by atoms with Gasteiger partial charge < -0.3 is 10.1 Å². The van der Waals surface area contributed by atoms with E-state index in [-0.39, 0.29) is 28.6 Å². The minimum Gasteiger partial charge on any atom is -0.497 e. The highest BCUT2D eigenvalue weighted by molar-refractivity contribution is 7.89. The van der Waals surface area contributed by atoms with Crippen LogP contribution < -0.4 is 14.8 Å². The van der Waals surface area contributed by atoms with Crippen molar-refractivity contribution in [1.29, 1.82) is 0 Å². The number of carbonyl (C=O) groups excluding carboxylic acids is 1. The van der Waals surface area contributed by atoms with E-state index in [1.807, 2.05) is 0 Å². The van der Waals surface area contributed by atoms with E-state index in [9.17, 15) is 17.6 Å². The number of hydrogen-bond donors (Lipinski definition) is 2. The molecule has 0 atom stereocenters. The average molecular weight is 387 g/mol. The monoisotopic (exact) mass is 386 g/mol. The number of carbonyl (C=O) groups is 1. The molecular formula is C16H16ClFN2O4S. The van der Waals surface area contributed by atoms with E-state index >= 15 is 0 Å². The second-order valence-corrected chi connectivity index (χ2v) is 7.10. The van der Waals surface area contributed by atoms with Crippen molar-refractivity contribution in [3.8, 4) is 5.75 Å². The molecule has 0 aliphatic rings. The van der Waals surface area contributed by atoms with Gasteiger partial charge in [-0.05, 0) is 36.4 Å². The normalized spacial score (nSPS) is 11.2. The first kappa shape index (κ1) is 19.2. The molecule has 0 bridgehead atoms. The Morgan fingerprint density at radius 1 is 1.16 bits per heavy atom. The standard InChI is InChI=1S/C16H16ClFN2O4S/c1-24-11-5-7-12(8-6-11)25(22,23)20-10-9-19-16(21)15-13(17)3-2-4-14(15)18/h2-8,20H,9-10H2,1H3,(H,19,21). The topological polar surface area (TPSA) is 84.5 Å². The van der Waals surface area contributed by atoms with Gasteiger partial charge in [0, 0.05) is 13.1 Å². The van der Waals surface area contributed by atoms with Gasteiger partial charge >= 0.3 is 0 Å². The van der Waals surface area contributed by atoms with Gasteiger partial charge in [0.2, 0.25) is 10.0 Å². The predicted molar refractivity (Wildman–Crippen MR) is 91.9 cm³/mol. The Labute approximate surface area is 150 Å². The number of methoxy groups -OCH3 is 1. The van der Waals surface area contributed by atoms with E-state index < -0.39 is 21.7 Å². The van der Waals surface area contributed by atoms with Crippen LogP contribution in [0.3, 0.4) is 0 Å². The molecule has 0 radical (unpaired) electrons. The van der Waals surface area contributed by atoms with Crippen LogP contribution in [0, 0.1) is 5.82 Å². The summed E-state index contributed by atoms with van der Waals surface area (Å²) < 4.78 is 45.1. The summed E-state index contributed by atoms with van der Waals surface area (Å²) in [6.07, 6.45) is 0. The summed E-state index contributed by atoms with van der Waals surface area (Å²) in [5, 5.41) is 2.40. The van der Waals surface area contributed by atoms with Crippen LogP contribution in [-0.2, 0) is 10.0 Å². The molecule has 0 heterocycles. The summed E-state index contributed by atoms with van der Waals surface area (Å²) >= 11 is 5.79. The van der Waals surface area contributed by atoms with Crippen LogP contribution in [0.2, 0.25) is 5.02 Å². The van der Waals surface area contributed by atoms with E-state index in [1.165, 1.54) is 43.5 Å². The number of ether oxygens (including phenoxy) is 1. The average Bonchev–Trinajstić information content (AvgIpc) is 2.58. The number of halogens is 2. The van der Waals surface area contributed by atoms with Gasteiger partial charge in [-0.3, -0.25) is 4.79 Å². The van der Waals surface area contributed by atoms with E-state index in [0.717, 1.165) is 6.07 Å². The molecule has 0 spiro atoms. The highest BCUT2D eigenvalue weighted by Gasteiger charge is 2.16. The lowest BCUT2D eigenvalue weighted by Gasteiger charge is -2.10. The number of hydrogen-bond acceptors (Lipinski definition) is 4. The van der Waals surface area contributed by atoms with Crippen LogP contribution in [0.25, 0.3) is 0 Å². The summed E-state index contributed by atoms with van der Waals surface area (Å²) in [6.45, 7) is -0.0922. The summed E-state index contributed by atoms with van der Waals surface area (Å²) in [5.74, 6) is -0.927. The summed E-state index contributed by atoms with van der Waals surface area (Å²) in [4.78, 5) is 12.0. The van der Waals surface area contributed by atoms with Gasteiger partial charge in [-0.1, -0.05) is 17.7 Å². The quantitative estimate of drug-likeness (QED) is 0.714.